The fourth-order valence-corrected chi connectivity index (χ4v) is 2.38. The van der Waals surface area contributed by atoms with Crippen molar-refractivity contribution >= 4 is 0 Å². The maximum Gasteiger partial charge on any atom is 0.108 e. The van der Waals surface area contributed by atoms with Crippen molar-refractivity contribution in [2.45, 2.75) is 58.4 Å². The van der Waals surface area contributed by atoms with Gasteiger partial charge >= 0.3 is 0 Å². The van der Waals surface area contributed by atoms with Gasteiger partial charge in [-0.15, -0.1) is 6.58 Å². The monoisotopic (exact) mass is 249 g/mol. The molecule has 1 heterocycles. The minimum Gasteiger partial charge on any atom is -0.469 e. The molecule has 1 aromatic heterocycles. The lowest BCUT2D eigenvalue weighted by Crippen LogP contribution is -2.21. The predicted molar refractivity (Wildman–Crippen MR) is 77.8 cm³/mol. The standard InChI is InChI=1S/C16H27NO/c1-4-7-8-9-10-11-15(17-6-3)14-12-13-18-16(14)5-2/h4,12-13,15,17H,1,5-11H2,2-3H3. The largest absolute Gasteiger partial charge is 0.469 e. The molecular formula is C16H27NO. The quantitative estimate of drug-likeness (QED) is 0.483. The normalized spacial score (nSPS) is 12.6. The molecule has 0 aromatic carbocycles. The predicted octanol–water partition coefficient (Wildman–Crippen LogP) is 4.63. The topological polar surface area (TPSA) is 25.2 Å². The van der Waals surface area contributed by atoms with Crippen LogP contribution in [0.1, 0.15) is 63.3 Å². The summed E-state index contributed by atoms with van der Waals surface area (Å²) in [5.74, 6) is 1.13. The summed E-state index contributed by atoms with van der Waals surface area (Å²) in [5.41, 5.74) is 1.35. The van der Waals surface area contributed by atoms with E-state index in [1.807, 2.05) is 12.3 Å². The molecule has 2 heteroatoms. The fraction of sp³-hybridized carbons (Fsp3) is 0.625. The van der Waals surface area contributed by atoms with Crippen molar-refractivity contribution in [1.82, 2.24) is 5.32 Å². The zero-order valence-corrected chi connectivity index (χ0v) is 11.9. The molecule has 0 spiro atoms. The van der Waals surface area contributed by atoms with Crippen molar-refractivity contribution < 1.29 is 4.42 Å². The van der Waals surface area contributed by atoms with Gasteiger partial charge in [0.05, 0.1) is 6.26 Å². The van der Waals surface area contributed by atoms with E-state index in [1.54, 1.807) is 0 Å². The van der Waals surface area contributed by atoms with Crippen LogP contribution >= 0.6 is 0 Å². The number of unbranched alkanes of at least 4 members (excludes halogenated alkanes) is 3. The molecule has 0 bridgehead atoms. The molecule has 1 atom stereocenters. The number of hydrogen-bond donors (Lipinski definition) is 1. The van der Waals surface area contributed by atoms with Crippen LogP contribution in [0.5, 0.6) is 0 Å². The highest BCUT2D eigenvalue weighted by atomic mass is 16.3. The summed E-state index contributed by atoms with van der Waals surface area (Å²) >= 11 is 0. The average Bonchev–Trinajstić information content (AvgIpc) is 2.85. The van der Waals surface area contributed by atoms with E-state index < -0.39 is 0 Å². The van der Waals surface area contributed by atoms with Crippen LogP contribution in [-0.4, -0.2) is 6.54 Å². The van der Waals surface area contributed by atoms with Crippen LogP contribution in [0, 0.1) is 0 Å². The molecule has 0 aliphatic carbocycles. The molecule has 18 heavy (non-hydrogen) atoms. The molecule has 0 aliphatic rings. The minimum absolute atomic E-state index is 0.451. The Morgan fingerprint density at radius 1 is 1.33 bits per heavy atom. The zero-order chi connectivity index (χ0) is 13.2. The van der Waals surface area contributed by atoms with Gasteiger partial charge in [-0.2, -0.15) is 0 Å². The summed E-state index contributed by atoms with van der Waals surface area (Å²) in [4.78, 5) is 0. The number of hydrogen-bond acceptors (Lipinski definition) is 2. The van der Waals surface area contributed by atoms with Crippen LogP contribution in [-0.2, 0) is 6.42 Å². The van der Waals surface area contributed by atoms with Gasteiger partial charge in [-0.05, 0) is 31.9 Å². The van der Waals surface area contributed by atoms with Crippen LogP contribution in [0.2, 0.25) is 0 Å². The molecule has 0 fully saturated rings. The van der Waals surface area contributed by atoms with Gasteiger partial charge in [-0.3, -0.25) is 0 Å². The minimum atomic E-state index is 0.451. The van der Waals surface area contributed by atoms with Gasteiger partial charge in [0.1, 0.15) is 5.76 Å². The Morgan fingerprint density at radius 3 is 2.83 bits per heavy atom. The molecule has 1 aromatic rings. The van der Waals surface area contributed by atoms with Crippen molar-refractivity contribution in [3.05, 3.63) is 36.3 Å². The highest BCUT2D eigenvalue weighted by Crippen LogP contribution is 2.25. The van der Waals surface area contributed by atoms with E-state index in [2.05, 4.69) is 31.8 Å². The van der Waals surface area contributed by atoms with Crippen LogP contribution in [0.4, 0.5) is 0 Å². The average molecular weight is 249 g/mol. The molecule has 0 aliphatic heterocycles. The van der Waals surface area contributed by atoms with E-state index in [1.165, 1.54) is 31.2 Å². The van der Waals surface area contributed by atoms with Crippen LogP contribution in [0.3, 0.4) is 0 Å². The molecule has 102 valence electrons. The van der Waals surface area contributed by atoms with Crippen LogP contribution < -0.4 is 5.32 Å². The van der Waals surface area contributed by atoms with Crippen molar-refractivity contribution in [3.63, 3.8) is 0 Å². The third-order valence-electron chi connectivity index (χ3n) is 3.33. The Kier molecular flexibility index (Phi) is 7.51. The lowest BCUT2D eigenvalue weighted by Gasteiger charge is -2.17. The van der Waals surface area contributed by atoms with Gasteiger partial charge in [0.15, 0.2) is 0 Å². The summed E-state index contributed by atoms with van der Waals surface area (Å²) in [6, 6.07) is 2.57. The maximum absolute atomic E-state index is 5.53. The first-order chi connectivity index (χ1) is 8.83. The SMILES string of the molecule is C=CCCCCCC(NCC)c1ccoc1CC. The molecule has 1 rings (SSSR count). The highest BCUT2D eigenvalue weighted by Gasteiger charge is 2.15. The fourth-order valence-electron chi connectivity index (χ4n) is 2.38. The van der Waals surface area contributed by atoms with Crippen molar-refractivity contribution in [1.29, 1.82) is 0 Å². The van der Waals surface area contributed by atoms with Gasteiger partial charge < -0.3 is 9.73 Å². The van der Waals surface area contributed by atoms with Gasteiger partial charge in [0.2, 0.25) is 0 Å². The molecule has 0 radical (unpaired) electrons. The number of aryl methyl sites for hydroxylation is 1. The number of furan rings is 1. The van der Waals surface area contributed by atoms with Crippen LogP contribution in [0.25, 0.3) is 0 Å². The second-order valence-corrected chi connectivity index (χ2v) is 4.69. The highest BCUT2D eigenvalue weighted by molar-refractivity contribution is 5.21. The Hall–Kier alpha value is -1.02. The Morgan fingerprint density at radius 2 is 2.17 bits per heavy atom. The Labute approximate surface area is 111 Å². The van der Waals surface area contributed by atoms with Gasteiger partial charge in [0, 0.05) is 18.0 Å². The summed E-state index contributed by atoms with van der Waals surface area (Å²) in [5, 5.41) is 3.57. The maximum atomic E-state index is 5.53. The van der Waals surface area contributed by atoms with Crippen molar-refractivity contribution in [3.8, 4) is 0 Å². The summed E-state index contributed by atoms with van der Waals surface area (Å²) in [7, 11) is 0. The molecule has 0 amide bonds. The summed E-state index contributed by atoms with van der Waals surface area (Å²) in [6.07, 6.45) is 10.9. The smallest absolute Gasteiger partial charge is 0.108 e. The van der Waals surface area contributed by atoms with E-state index >= 15 is 0 Å². The van der Waals surface area contributed by atoms with E-state index in [0.29, 0.717) is 6.04 Å². The molecule has 1 unspecified atom stereocenters. The second-order valence-electron chi connectivity index (χ2n) is 4.69. The third-order valence-corrected chi connectivity index (χ3v) is 3.33. The first-order valence-corrected chi connectivity index (χ1v) is 7.24. The first-order valence-electron chi connectivity index (χ1n) is 7.24. The van der Waals surface area contributed by atoms with Gasteiger partial charge in [0.25, 0.3) is 0 Å². The van der Waals surface area contributed by atoms with E-state index in [4.69, 9.17) is 4.42 Å². The third kappa shape index (κ3) is 4.69. The molecule has 1 N–H and O–H groups in total. The van der Waals surface area contributed by atoms with Crippen molar-refractivity contribution in [2.24, 2.45) is 0 Å². The summed E-state index contributed by atoms with van der Waals surface area (Å²) < 4.78 is 5.53. The lowest BCUT2D eigenvalue weighted by molar-refractivity contribution is 0.459. The summed E-state index contributed by atoms with van der Waals surface area (Å²) in [6.45, 7) is 9.08. The van der Waals surface area contributed by atoms with Crippen molar-refractivity contribution in [2.75, 3.05) is 6.54 Å². The van der Waals surface area contributed by atoms with E-state index in [9.17, 15) is 0 Å². The molecular weight excluding hydrogens is 222 g/mol. The van der Waals surface area contributed by atoms with Crippen LogP contribution in [0.15, 0.2) is 29.4 Å². The van der Waals surface area contributed by atoms with E-state index in [0.717, 1.165) is 25.1 Å². The first kappa shape index (κ1) is 15.0. The molecule has 0 saturated heterocycles. The zero-order valence-electron chi connectivity index (χ0n) is 11.9. The Bertz CT molecular complexity index is 330. The van der Waals surface area contributed by atoms with E-state index in [-0.39, 0.29) is 0 Å². The number of allylic oxidation sites excluding steroid dienone is 1. The number of rotatable bonds is 10. The molecule has 2 nitrogen and oxygen atoms in total. The Balaban J connectivity index is 2.46. The van der Waals surface area contributed by atoms with Gasteiger partial charge in [-0.1, -0.05) is 32.8 Å². The second kappa shape index (κ2) is 8.98. The lowest BCUT2D eigenvalue weighted by atomic mass is 9.99. The molecule has 0 saturated carbocycles. The number of nitrogens with one attached hydrogen (secondary N) is 1. The van der Waals surface area contributed by atoms with Gasteiger partial charge in [-0.25, -0.2) is 0 Å².